The smallest absolute Gasteiger partial charge is 0.336 e. The molecule has 1 fully saturated rings. The van der Waals surface area contributed by atoms with Crippen LogP contribution in [0.25, 0.3) is 0 Å². The van der Waals surface area contributed by atoms with Crippen molar-refractivity contribution in [1.82, 2.24) is 19.9 Å². The summed E-state index contributed by atoms with van der Waals surface area (Å²) >= 11 is 6.61. The maximum absolute atomic E-state index is 14.2. The fourth-order valence-corrected chi connectivity index (χ4v) is 6.24. The summed E-state index contributed by atoms with van der Waals surface area (Å²) in [6.45, 7) is 4.41. The van der Waals surface area contributed by atoms with Gasteiger partial charge in [-0.25, -0.2) is 24.6 Å². The number of nitrogens with zero attached hydrogens (tertiary/aromatic N) is 6. The van der Waals surface area contributed by atoms with Gasteiger partial charge in [-0.15, -0.1) is 0 Å². The number of rotatable bonds is 7. The van der Waals surface area contributed by atoms with E-state index < -0.39 is 0 Å². The number of piperidine rings is 1. The number of aryl methyl sites for hydroxylation is 1. The largest absolute Gasteiger partial charge is 0.496 e. The summed E-state index contributed by atoms with van der Waals surface area (Å²) in [5, 5.41) is 0.493. The third-order valence-corrected chi connectivity index (χ3v) is 8.65. The lowest BCUT2D eigenvalue weighted by Gasteiger charge is -2.36. The number of carbonyl (C=O) groups excluding carboxylic acids is 1. The lowest BCUT2D eigenvalue weighted by molar-refractivity contribution is 0.252. The van der Waals surface area contributed by atoms with Gasteiger partial charge in [-0.1, -0.05) is 35.9 Å². The summed E-state index contributed by atoms with van der Waals surface area (Å²) < 4.78 is 11.1. The molecule has 222 valence electrons. The van der Waals surface area contributed by atoms with Gasteiger partial charge in [0.15, 0.2) is 5.82 Å². The highest BCUT2D eigenvalue weighted by Gasteiger charge is 2.36. The number of amides is 2. The Kier molecular flexibility index (Phi) is 8.19. The average molecular weight is 599 g/mol. The first-order valence-electron chi connectivity index (χ1n) is 14.4. The predicted molar refractivity (Wildman–Crippen MR) is 168 cm³/mol. The Morgan fingerprint density at radius 2 is 1.81 bits per heavy atom. The molecule has 0 aliphatic carbocycles. The van der Waals surface area contributed by atoms with Gasteiger partial charge in [0.2, 0.25) is 0 Å². The van der Waals surface area contributed by atoms with Gasteiger partial charge in [-0.2, -0.15) is 0 Å². The lowest BCUT2D eigenvalue weighted by Crippen LogP contribution is -2.46. The molecular weight excluding hydrogens is 564 g/mol. The molecule has 0 spiro atoms. The van der Waals surface area contributed by atoms with Gasteiger partial charge in [-0.05, 0) is 81.2 Å². The van der Waals surface area contributed by atoms with Crippen LogP contribution in [0.15, 0.2) is 60.9 Å². The van der Waals surface area contributed by atoms with Crippen molar-refractivity contribution in [2.24, 2.45) is 0 Å². The molecule has 0 saturated carbocycles. The van der Waals surface area contributed by atoms with E-state index in [0.717, 1.165) is 48.4 Å². The highest BCUT2D eigenvalue weighted by molar-refractivity contribution is 6.34. The summed E-state index contributed by atoms with van der Waals surface area (Å²) in [4.78, 5) is 33.9. The van der Waals surface area contributed by atoms with Crippen LogP contribution in [-0.2, 0) is 13.0 Å². The van der Waals surface area contributed by atoms with Gasteiger partial charge >= 0.3 is 6.03 Å². The minimum atomic E-state index is -0.300. The molecule has 0 bridgehead atoms. The van der Waals surface area contributed by atoms with Crippen LogP contribution in [0.4, 0.5) is 22.1 Å². The third-order valence-electron chi connectivity index (χ3n) is 8.35. The van der Waals surface area contributed by atoms with Crippen LogP contribution in [0.1, 0.15) is 46.8 Å². The second kappa shape index (κ2) is 12.2. The topological polar surface area (TPSA) is 83.9 Å². The molecular formula is C33H35ClN6O3. The van der Waals surface area contributed by atoms with Crippen LogP contribution >= 0.6 is 11.6 Å². The van der Waals surface area contributed by atoms with E-state index in [1.165, 1.54) is 10.5 Å². The van der Waals surface area contributed by atoms with Crippen molar-refractivity contribution >= 4 is 35.0 Å². The second-order valence-corrected chi connectivity index (χ2v) is 11.5. The van der Waals surface area contributed by atoms with Crippen molar-refractivity contribution < 1.29 is 14.3 Å². The Bertz CT molecular complexity index is 1620. The van der Waals surface area contributed by atoms with E-state index in [0.29, 0.717) is 46.3 Å². The molecule has 4 heterocycles. The molecule has 6 rings (SSSR count). The molecule has 10 heteroatoms. The van der Waals surface area contributed by atoms with E-state index in [2.05, 4.69) is 35.1 Å². The Labute approximate surface area is 257 Å². The predicted octanol–water partition coefficient (Wildman–Crippen LogP) is 6.53. The van der Waals surface area contributed by atoms with Crippen molar-refractivity contribution in [3.05, 3.63) is 94.0 Å². The molecule has 2 amide bonds. The van der Waals surface area contributed by atoms with E-state index in [1.54, 1.807) is 49.7 Å². The number of fused-ring (bicyclic) bond motifs is 1. The summed E-state index contributed by atoms with van der Waals surface area (Å²) in [7, 11) is 5.45. The van der Waals surface area contributed by atoms with Crippen LogP contribution < -0.4 is 19.3 Å². The summed E-state index contributed by atoms with van der Waals surface area (Å²) in [6.07, 6.45) is 6.11. The number of carbonyl (C=O) groups is 1. The second-order valence-electron chi connectivity index (χ2n) is 11.1. The van der Waals surface area contributed by atoms with E-state index >= 15 is 0 Å². The zero-order chi connectivity index (χ0) is 30.1. The van der Waals surface area contributed by atoms with Gasteiger partial charge in [0, 0.05) is 23.7 Å². The standard InChI is InChI=1S/C33H35ClN6O3/c1-21-6-5-7-27(34)31(21)39-20-25-18-35-29(37-32(25)40(33(39)41)30-11-10-26(42-3)19-36-30)17-24-9-8-23(16-28(24)43-4)22-12-14-38(2)15-13-22/h5-11,16,18-19,22H,12-15,17,20H2,1-4H3. The number of halogens is 1. The van der Waals surface area contributed by atoms with Crippen molar-refractivity contribution in [2.75, 3.05) is 44.2 Å². The molecule has 2 aliphatic heterocycles. The molecule has 0 radical (unpaired) electrons. The van der Waals surface area contributed by atoms with Crippen LogP contribution in [0.3, 0.4) is 0 Å². The first-order valence-corrected chi connectivity index (χ1v) is 14.8. The number of anilines is 3. The number of hydrogen-bond acceptors (Lipinski definition) is 7. The summed E-state index contributed by atoms with van der Waals surface area (Å²) in [5.74, 6) is 3.44. The molecule has 4 aromatic rings. The van der Waals surface area contributed by atoms with Crippen LogP contribution in [0, 0.1) is 6.92 Å². The fraction of sp³-hybridized carbons (Fsp3) is 0.333. The first-order chi connectivity index (χ1) is 20.9. The highest BCUT2D eigenvalue weighted by Crippen LogP contribution is 2.39. The molecule has 0 N–H and O–H groups in total. The molecule has 43 heavy (non-hydrogen) atoms. The third kappa shape index (κ3) is 5.75. The number of para-hydroxylation sites is 1. The van der Waals surface area contributed by atoms with Gasteiger partial charge < -0.3 is 14.4 Å². The molecule has 1 saturated heterocycles. The number of ether oxygens (including phenoxy) is 2. The number of aromatic nitrogens is 3. The molecule has 2 aromatic heterocycles. The minimum Gasteiger partial charge on any atom is -0.496 e. The van der Waals surface area contributed by atoms with Crippen molar-refractivity contribution in [1.29, 1.82) is 0 Å². The highest BCUT2D eigenvalue weighted by atomic mass is 35.5. The zero-order valence-corrected chi connectivity index (χ0v) is 25.6. The Balaban J connectivity index is 1.36. The molecule has 2 aliphatic rings. The average Bonchev–Trinajstić information content (AvgIpc) is 3.02. The molecule has 2 aromatic carbocycles. The number of benzene rings is 2. The molecule has 9 nitrogen and oxygen atoms in total. The fourth-order valence-electron chi connectivity index (χ4n) is 5.92. The first kappa shape index (κ1) is 28.9. The summed E-state index contributed by atoms with van der Waals surface area (Å²) in [5.41, 5.74) is 4.61. The monoisotopic (exact) mass is 598 g/mol. The van der Waals surface area contributed by atoms with Crippen LogP contribution in [-0.4, -0.2) is 60.2 Å². The number of methoxy groups -OCH3 is 2. The van der Waals surface area contributed by atoms with Crippen LogP contribution in [0.2, 0.25) is 5.02 Å². The Hall–Kier alpha value is -4.21. The Morgan fingerprint density at radius 1 is 1.00 bits per heavy atom. The van der Waals surface area contributed by atoms with E-state index in [4.69, 9.17) is 31.0 Å². The maximum atomic E-state index is 14.2. The van der Waals surface area contributed by atoms with Gasteiger partial charge in [0.25, 0.3) is 0 Å². The van der Waals surface area contributed by atoms with E-state index in [1.807, 2.05) is 19.1 Å². The summed E-state index contributed by atoms with van der Waals surface area (Å²) in [6, 6.07) is 15.3. The van der Waals surface area contributed by atoms with Crippen molar-refractivity contribution in [2.45, 2.75) is 38.6 Å². The SMILES string of the molecule is COc1ccc(N2C(=O)N(c3c(C)cccc3Cl)Cc3cnc(Cc4ccc(C5CCN(C)CC5)cc4OC)nc32)nc1. The minimum absolute atomic E-state index is 0.278. The van der Waals surface area contributed by atoms with E-state index in [-0.39, 0.29) is 12.6 Å². The molecule has 0 unspecified atom stereocenters. The van der Waals surface area contributed by atoms with Gasteiger partial charge in [0.05, 0.1) is 37.7 Å². The number of urea groups is 1. The van der Waals surface area contributed by atoms with Crippen molar-refractivity contribution in [3.63, 3.8) is 0 Å². The quantitative estimate of drug-likeness (QED) is 0.239. The number of hydrogen-bond donors (Lipinski definition) is 0. The van der Waals surface area contributed by atoms with Gasteiger partial charge in [-0.3, -0.25) is 4.90 Å². The lowest BCUT2D eigenvalue weighted by atomic mass is 9.88. The molecule has 0 atom stereocenters. The maximum Gasteiger partial charge on any atom is 0.336 e. The Morgan fingerprint density at radius 3 is 2.51 bits per heavy atom. The number of likely N-dealkylation sites (tertiary alicyclic amines) is 1. The van der Waals surface area contributed by atoms with E-state index in [9.17, 15) is 4.79 Å². The normalized spacial score (nSPS) is 15.9. The number of pyridine rings is 1. The van der Waals surface area contributed by atoms with Gasteiger partial charge in [0.1, 0.15) is 23.1 Å². The van der Waals surface area contributed by atoms with Crippen molar-refractivity contribution in [3.8, 4) is 11.5 Å². The van der Waals surface area contributed by atoms with Crippen LogP contribution in [0.5, 0.6) is 11.5 Å². The zero-order valence-electron chi connectivity index (χ0n) is 24.9.